The van der Waals surface area contributed by atoms with Gasteiger partial charge in [-0.1, -0.05) is 29.8 Å². The molecular weight excluding hydrogens is 382 g/mol. The van der Waals surface area contributed by atoms with Crippen molar-refractivity contribution >= 4 is 27.7 Å². The minimum atomic E-state index is -3.14. The lowest BCUT2D eigenvalue weighted by atomic mass is 9.91. The van der Waals surface area contributed by atoms with Crippen LogP contribution in [0.2, 0.25) is 0 Å². The van der Waals surface area contributed by atoms with Crippen LogP contribution in [0.1, 0.15) is 31.4 Å². The highest BCUT2D eigenvalue weighted by atomic mass is 32.2. The Balaban J connectivity index is 1.76. The molecule has 1 N–H and O–H groups in total. The second kappa shape index (κ2) is 7.20. The summed E-state index contributed by atoms with van der Waals surface area (Å²) in [6, 6.07) is 6.23. The fraction of sp³-hybridized carbons (Fsp3) is 0.526. The quantitative estimate of drug-likeness (QED) is 0.727. The third-order valence-electron chi connectivity index (χ3n) is 5.51. The van der Waals surface area contributed by atoms with Gasteiger partial charge in [0.1, 0.15) is 12.1 Å². The van der Waals surface area contributed by atoms with Gasteiger partial charge in [-0.3, -0.25) is 14.5 Å². The van der Waals surface area contributed by atoms with Crippen molar-refractivity contribution < 1.29 is 22.8 Å². The maximum Gasteiger partial charge on any atom is 0.325 e. The lowest BCUT2D eigenvalue weighted by Gasteiger charge is -2.28. The van der Waals surface area contributed by atoms with Gasteiger partial charge in [-0.05, 0) is 32.8 Å². The summed E-state index contributed by atoms with van der Waals surface area (Å²) in [6.45, 7) is 5.21. The second-order valence-corrected chi connectivity index (χ2v) is 9.78. The largest absolute Gasteiger partial charge is 0.337 e. The molecule has 0 bridgehead atoms. The van der Waals surface area contributed by atoms with Crippen LogP contribution in [0.3, 0.4) is 0 Å². The topological polar surface area (TPSA) is 104 Å². The van der Waals surface area contributed by atoms with E-state index in [2.05, 4.69) is 5.32 Å². The number of urea groups is 1. The van der Waals surface area contributed by atoms with E-state index in [-0.39, 0.29) is 11.5 Å². The van der Waals surface area contributed by atoms with Gasteiger partial charge in [0.15, 0.2) is 9.84 Å². The van der Waals surface area contributed by atoms with E-state index in [1.807, 2.05) is 19.1 Å². The molecule has 2 fully saturated rings. The Labute approximate surface area is 164 Å². The van der Waals surface area contributed by atoms with Crippen LogP contribution < -0.4 is 5.32 Å². The Morgan fingerprint density at radius 3 is 2.46 bits per heavy atom. The molecule has 28 heavy (non-hydrogen) atoms. The zero-order chi connectivity index (χ0) is 20.7. The van der Waals surface area contributed by atoms with Crippen LogP contribution in [-0.4, -0.2) is 66.7 Å². The van der Waals surface area contributed by atoms with Crippen LogP contribution in [0.4, 0.5) is 4.79 Å². The summed E-state index contributed by atoms with van der Waals surface area (Å²) in [5.74, 6) is -0.949. The molecule has 1 aromatic rings. The average Bonchev–Trinajstić information content (AvgIpc) is 3.08. The van der Waals surface area contributed by atoms with Gasteiger partial charge in [-0.25, -0.2) is 13.2 Å². The first-order valence-electron chi connectivity index (χ1n) is 9.28. The third-order valence-corrected chi connectivity index (χ3v) is 7.26. The van der Waals surface area contributed by atoms with E-state index < -0.39 is 45.8 Å². The van der Waals surface area contributed by atoms with E-state index in [4.69, 9.17) is 0 Å². The number of aryl methyl sites for hydroxylation is 1. The first-order chi connectivity index (χ1) is 13.1. The zero-order valence-electron chi connectivity index (χ0n) is 16.3. The Hall–Kier alpha value is -2.42. The average molecular weight is 407 g/mol. The molecule has 0 spiro atoms. The molecule has 152 valence electrons. The van der Waals surface area contributed by atoms with Crippen molar-refractivity contribution in [1.29, 1.82) is 0 Å². The number of amides is 4. The number of carbonyl (C=O) groups is 3. The molecule has 0 saturated carbocycles. The van der Waals surface area contributed by atoms with E-state index in [0.29, 0.717) is 18.5 Å². The summed E-state index contributed by atoms with van der Waals surface area (Å²) < 4.78 is 23.5. The number of nitrogens with zero attached hydrogens (tertiary/aromatic N) is 2. The Kier molecular flexibility index (Phi) is 5.22. The van der Waals surface area contributed by atoms with Gasteiger partial charge in [0.05, 0.1) is 11.5 Å². The molecule has 0 radical (unpaired) electrons. The lowest BCUT2D eigenvalue weighted by Crippen LogP contribution is -2.48. The van der Waals surface area contributed by atoms with Gasteiger partial charge in [0, 0.05) is 12.6 Å². The van der Waals surface area contributed by atoms with Gasteiger partial charge in [0.25, 0.3) is 5.91 Å². The molecule has 1 aromatic carbocycles. The van der Waals surface area contributed by atoms with Crippen molar-refractivity contribution in [3.8, 4) is 0 Å². The van der Waals surface area contributed by atoms with Crippen LogP contribution in [0.5, 0.6) is 0 Å². The second-order valence-electron chi connectivity index (χ2n) is 7.55. The standard InChI is InChI=1S/C19H25N3O5S/c1-4-21(15-9-10-28(26,27)12-15)16(23)11-22-17(24)19(3,20-18(22)25)14-7-5-13(2)6-8-14/h5-8,15H,4,9-12H2,1-3H3,(H,20,25)/t15-,19+/m1/s1. The summed E-state index contributed by atoms with van der Waals surface area (Å²) in [5, 5.41) is 2.68. The van der Waals surface area contributed by atoms with E-state index in [1.165, 1.54) is 4.90 Å². The molecule has 3 rings (SSSR count). The summed E-state index contributed by atoms with van der Waals surface area (Å²) in [5.41, 5.74) is 0.431. The number of sulfone groups is 1. The maximum atomic E-state index is 13.0. The zero-order valence-corrected chi connectivity index (χ0v) is 17.1. The van der Waals surface area contributed by atoms with Gasteiger partial charge < -0.3 is 10.2 Å². The molecule has 0 unspecified atom stereocenters. The number of imide groups is 1. The summed E-state index contributed by atoms with van der Waals surface area (Å²) >= 11 is 0. The minimum Gasteiger partial charge on any atom is -0.337 e. The first-order valence-corrected chi connectivity index (χ1v) is 11.1. The monoisotopic (exact) mass is 407 g/mol. The molecule has 4 amide bonds. The fourth-order valence-electron chi connectivity index (χ4n) is 3.81. The van der Waals surface area contributed by atoms with Crippen LogP contribution in [0, 0.1) is 6.92 Å². The van der Waals surface area contributed by atoms with Crippen molar-refractivity contribution in [3.63, 3.8) is 0 Å². The van der Waals surface area contributed by atoms with Crippen LogP contribution in [0.25, 0.3) is 0 Å². The van der Waals surface area contributed by atoms with Crippen molar-refractivity contribution in [2.75, 3.05) is 24.6 Å². The number of hydrogen-bond acceptors (Lipinski definition) is 5. The van der Waals surface area contributed by atoms with Crippen molar-refractivity contribution in [1.82, 2.24) is 15.1 Å². The first kappa shape index (κ1) is 20.3. The van der Waals surface area contributed by atoms with Crippen molar-refractivity contribution in [2.45, 2.75) is 38.8 Å². The number of likely N-dealkylation sites (N-methyl/N-ethyl adjacent to an activating group) is 1. The van der Waals surface area contributed by atoms with Gasteiger partial charge in [-0.2, -0.15) is 0 Å². The summed E-state index contributed by atoms with van der Waals surface area (Å²) in [6.07, 6.45) is 0.378. The summed E-state index contributed by atoms with van der Waals surface area (Å²) in [4.78, 5) is 40.5. The molecule has 0 aromatic heterocycles. The molecular formula is C19H25N3O5S. The van der Waals surface area contributed by atoms with Gasteiger partial charge >= 0.3 is 6.03 Å². The molecule has 2 saturated heterocycles. The molecule has 2 aliphatic heterocycles. The SMILES string of the molecule is CCN(C(=O)CN1C(=O)N[C@@](C)(c2ccc(C)cc2)C1=O)[C@@H]1CCS(=O)(=O)C1. The predicted molar refractivity (Wildman–Crippen MR) is 103 cm³/mol. The Bertz CT molecular complexity index is 912. The normalized spacial score (nSPS) is 26.4. The number of hydrogen-bond donors (Lipinski definition) is 1. The molecule has 2 heterocycles. The molecule has 2 atom stereocenters. The van der Waals surface area contributed by atoms with E-state index in [1.54, 1.807) is 26.0 Å². The van der Waals surface area contributed by atoms with Crippen LogP contribution in [-0.2, 0) is 25.0 Å². The van der Waals surface area contributed by atoms with E-state index in [0.717, 1.165) is 10.5 Å². The van der Waals surface area contributed by atoms with Crippen molar-refractivity contribution in [3.05, 3.63) is 35.4 Å². The van der Waals surface area contributed by atoms with Crippen LogP contribution in [0.15, 0.2) is 24.3 Å². The highest BCUT2D eigenvalue weighted by Gasteiger charge is 2.50. The molecule has 8 nitrogen and oxygen atoms in total. The fourth-order valence-corrected chi connectivity index (χ4v) is 5.54. The van der Waals surface area contributed by atoms with Gasteiger partial charge in [0.2, 0.25) is 5.91 Å². The molecule has 2 aliphatic rings. The van der Waals surface area contributed by atoms with Gasteiger partial charge in [-0.15, -0.1) is 0 Å². The van der Waals surface area contributed by atoms with Crippen LogP contribution >= 0.6 is 0 Å². The highest BCUT2D eigenvalue weighted by molar-refractivity contribution is 7.91. The Morgan fingerprint density at radius 2 is 1.93 bits per heavy atom. The Morgan fingerprint density at radius 1 is 1.29 bits per heavy atom. The molecule has 9 heteroatoms. The van der Waals surface area contributed by atoms with E-state index in [9.17, 15) is 22.8 Å². The number of rotatable bonds is 5. The predicted octanol–water partition coefficient (Wildman–Crippen LogP) is 0.798. The minimum absolute atomic E-state index is 0.0517. The van der Waals surface area contributed by atoms with E-state index >= 15 is 0 Å². The number of benzene rings is 1. The number of nitrogens with one attached hydrogen (secondary N) is 1. The highest BCUT2D eigenvalue weighted by Crippen LogP contribution is 2.29. The lowest BCUT2D eigenvalue weighted by molar-refractivity contribution is -0.139. The smallest absolute Gasteiger partial charge is 0.325 e. The third kappa shape index (κ3) is 3.63. The summed E-state index contributed by atoms with van der Waals surface area (Å²) in [7, 11) is -3.14. The van der Waals surface area contributed by atoms with Crippen molar-refractivity contribution in [2.24, 2.45) is 0 Å². The maximum absolute atomic E-state index is 13.0. The molecule has 0 aliphatic carbocycles. The number of carbonyl (C=O) groups excluding carboxylic acids is 3.